The second kappa shape index (κ2) is 16.1. The number of benzene rings is 3. The number of methoxy groups -OCH3 is 1. The molecular weight excluding hydrogens is 686 g/mol. The SMILES string of the molecule is COc1cc(OCCCO[Si](C)(C)C(C)(C)C)c(F)c(C(Nc2ccc(C#N)cc2)c2nn(-c3[nH]ncc3C(=O)OCc3ccccc3)c(=O)[nH]2)c1. The van der Waals surface area contributed by atoms with Gasteiger partial charge in [-0.2, -0.15) is 15.0 Å². The first-order chi connectivity index (χ1) is 24.8. The van der Waals surface area contributed by atoms with Gasteiger partial charge in [0.1, 0.15) is 24.0 Å². The van der Waals surface area contributed by atoms with Crippen molar-refractivity contribution in [2.45, 2.75) is 58.0 Å². The monoisotopic (exact) mass is 727 g/mol. The molecule has 5 rings (SSSR count). The van der Waals surface area contributed by atoms with E-state index in [-0.39, 0.29) is 46.8 Å². The maximum atomic E-state index is 16.5. The number of halogens is 1. The molecule has 0 saturated heterocycles. The molecule has 15 heteroatoms. The van der Waals surface area contributed by atoms with Crippen molar-refractivity contribution in [3.63, 3.8) is 0 Å². The summed E-state index contributed by atoms with van der Waals surface area (Å²) in [5.74, 6) is -1.25. The van der Waals surface area contributed by atoms with Gasteiger partial charge in [0.05, 0.1) is 31.5 Å². The highest BCUT2D eigenvalue weighted by atomic mass is 28.4. The van der Waals surface area contributed by atoms with Crippen LogP contribution in [0.25, 0.3) is 5.82 Å². The largest absolute Gasteiger partial charge is 0.497 e. The van der Waals surface area contributed by atoms with Crippen molar-refractivity contribution in [2.75, 3.05) is 25.6 Å². The number of nitrogens with zero attached hydrogens (tertiary/aromatic N) is 4. The van der Waals surface area contributed by atoms with Crippen LogP contribution >= 0.6 is 0 Å². The summed E-state index contributed by atoms with van der Waals surface area (Å²) in [7, 11) is -0.513. The lowest BCUT2D eigenvalue weighted by molar-refractivity contribution is 0.0472. The molecule has 2 heterocycles. The van der Waals surface area contributed by atoms with E-state index >= 15 is 4.39 Å². The second-order valence-electron chi connectivity index (χ2n) is 13.5. The normalized spacial score (nSPS) is 12.2. The Morgan fingerprint density at radius 3 is 2.50 bits per heavy atom. The summed E-state index contributed by atoms with van der Waals surface area (Å²) in [6.45, 7) is 11.5. The lowest BCUT2D eigenvalue weighted by Crippen LogP contribution is -2.41. The van der Waals surface area contributed by atoms with Crippen LogP contribution < -0.4 is 20.5 Å². The van der Waals surface area contributed by atoms with Crippen LogP contribution in [0.5, 0.6) is 11.5 Å². The van der Waals surface area contributed by atoms with Gasteiger partial charge in [0.2, 0.25) is 0 Å². The van der Waals surface area contributed by atoms with Crippen molar-refractivity contribution >= 4 is 20.0 Å². The Morgan fingerprint density at radius 1 is 1.10 bits per heavy atom. The molecule has 13 nitrogen and oxygen atoms in total. The maximum absolute atomic E-state index is 16.5. The van der Waals surface area contributed by atoms with E-state index in [9.17, 15) is 14.9 Å². The van der Waals surface area contributed by atoms with Gasteiger partial charge in [-0.05, 0) is 54.0 Å². The number of aromatic nitrogens is 5. The summed E-state index contributed by atoms with van der Waals surface area (Å²) < 4.78 is 40.6. The number of nitriles is 1. The van der Waals surface area contributed by atoms with Crippen LogP contribution in [0.15, 0.2) is 77.7 Å². The van der Waals surface area contributed by atoms with Gasteiger partial charge in [-0.25, -0.2) is 14.0 Å². The summed E-state index contributed by atoms with van der Waals surface area (Å²) in [5.41, 5.74) is 0.979. The van der Waals surface area contributed by atoms with Gasteiger partial charge in [0.15, 0.2) is 31.5 Å². The molecule has 0 spiro atoms. The average molecular weight is 728 g/mol. The molecule has 0 aliphatic rings. The van der Waals surface area contributed by atoms with Crippen LogP contribution in [0.3, 0.4) is 0 Å². The highest BCUT2D eigenvalue weighted by molar-refractivity contribution is 6.74. The van der Waals surface area contributed by atoms with Crippen molar-refractivity contribution in [1.82, 2.24) is 25.0 Å². The molecule has 52 heavy (non-hydrogen) atoms. The Morgan fingerprint density at radius 2 is 1.83 bits per heavy atom. The molecule has 0 radical (unpaired) electrons. The molecule has 0 aliphatic heterocycles. The van der Waals surface area contributed by atoms with E-state index < -0.39 is 31.8 Å². The van der Waals surface area contributed by atoms with Gasteiger partial charge in [-0.15, -0.1) is 5.10 Å². The quantitative estimate of drug-likeness (QED) is 0.0603. The van der Waals surface area contributed by atoms with Crippen molar-refractivity contribution < 1.29 is 27.8 Å². The predicted molar refractivity (Wildman–Crippen MR) is 195 cm³/mol. The number of esters is 1. The molecule has 1 unspecified atom stereocenters. The number of carbonyl (C=O) groups excluding carboxylic acids is 1. The zero-order valence-corrected chi connectivity index (χ0v) is 31.0. The minimum absolute atomic E-state index is 0.00473. The number of hydrogen-bond donors (Lipinski definition) is 3. The minimum atomic E-state index is -1.96. The summed E-state index contributed by atoms with van der Waals surface area (Å²) in [4.78, 5) is 29.2. The standard InChI is InChI=1S/C37H42FN7O6Si/c1-37(2,3)52(5,6)51-18-10-17-49-30-20-27(48-4)19-28(31(30)38)32(41-26-15-13-24(21-39)14-16-26)33-42-36(47)45(44-33)34-29(22-40-43-34)35(46)50-23-25-11-8-7-9-12-25/h7-9,11-16,19-20,22,32,41H,10,17-18,23H2,1-6H3,(H,40,43)(H,42,44,47). The summed E-state index contributed by atoms with van der Waals surface area (Å²) in [6, 6.07) is 19.5. The van der Waals surface area contributed by atoms with Gasteiger partial charge in [-0.1, -0.05) is 51.1 Å². The van der Waals surface area contributed by atoms with Crippen LogP contribution in [0.2, 0.25) is 18.1 Å². The molecule has 3 aromatic carbocycles. The molecule has 0 fully saturated rings. The van der Waals surface area contributed by atoms with E-state index in [0.29, 0.717) is 30.0 Å². The maximum Gasteiger partial charge on any atom is 0.349 e. The molecule has 5 aromatic rings. The van der Waals surface area contributed by atoms with E-state index in [1.54, 1.807) is 24.3 Å². The van der Waals surface area contributed by atoms with Crippen LogP contribution in [-0.2, 0) is 15.8 Å². The number of hydrogen-bond acceptors (Lipinski definition) is 10. The molecule has 0 saturated carbocycles. The fourth-order valence-electron chi connectivity index (χ4n) is 4.93. The third-order valence-corrected chi connectivity index (χ3v) is 13.4. The Labute approximate surface area is 301 Å². The number of H-pyrrole nitrogens is 2. The fourth-order valence-corrected chi connectivity index (χ4v) is 6.01. The van der Waals surface area contributed by atoms with E-state index in [1.807, 2.05) is 30.3 Å². The third-order valence-electron chi connectivity index (χ3n) is 8.90. The summed E-state index contributed by atoms with van der Waals surface area (Å²) in [5, 5.41) is 23.6. The topological polar surface area (TPSA) is 169 Å². The molecule has 1 atom stereocenters. The van der Waals surface area contributed by atoms with Gasteiger partial charge in [0.25, 0.3) is 0 Å². The third kappa shape index (κ3) is 8.76. The van der Waals surface area contributed by atoms with E-state index in [1.165, 1.54) is 25.4 Å². The second-order valence-corrected chi connectivity index (χ2v) is 18.3. The van der Waals surface area contributed by atoms with Crippen LogP contribution in [0.1, 0.15) is 66.1 Å². The Bertz CT molecular complexity index is 2080. The van der Waals surface area contributed by atoms with E-state index in [4.69, 9.17) is 18.6 Å². The highest BCUT2D eigenvalue weighted by Crippen LogP contribution is 2.37. The summed E-state index contributed by atoms with van der Waals surface area (Å²) in [6.07, 6.45) is 1.77. The number of anilines is 1. The molecule has 3 N–H and O–H groups in total. The van der Waals surface area contributed by atoms with Crippen LogP contribution in [0, 0.1) is 17.1 Å². The number of nitrogens with one attached hydrogen (secondary N) is 3. The zero-order chi connectivity index (χ0) is 37.5. The molecule has 0 aliphatic carbocycles. The first-order valence-corrected chi connectivity index (χ1v) is 19.6. The van der Waals surface area contributed by atoms with E-state index in [2.05, 4.69) is 65.5 Å². The summed E-state index contributed by atoms with van der Waals surface area (Å²) >= 11 is 0. The Kier molecular flexibility index (Phi) is 11.6. The van der Waals surface area contributed by atoms with Crippen LogP contribution in [0.4, 0.5) is 10.1 Å². The zero-order valence-electron chi connectivity index (χ0n) is 30.0. The first kappa shape index (κ1) is 37.5. The van der Waals surface area contributed by atoms with Crippen molar-refractivity contribution in [2.24, 2.45) is 0 Å². The predicted octanol–water partition coefficient (Wildman–Crippen LogP) is 6.65. The minimum Gasteiger partial charge on any atom is -0.497 e. The average Bonchev–Trinajstić information content (AvgIpc) is 3.77. The Hall–Kier alpha value is -5.72. The first-order valence-electron chi connectivity index (χ1n) is 16.7. The van der Waals surface area contributed by atoms with Crippen molar-refractivity contribution in [3.8, 4) is 23.4 Å². The number of rotatable bonds is 15. The number of carbonyl (C=O) groups is 1. The van der Waals surface area contributed by atoms with Gasteiger partial charge in [-0.3, -0.25) is 10.1 Å². The number of aromatic amines is 2. The lowest BCUT2D eigenvalue weighted by atomic mass is 10.0. The molecule has 2 aromatic heterocycles. The van der Waals surface area contributed by atoms with Gasteiger partial charge in [0, 0.05) is 30.3 Å². The molecule has 0 bridgehead atoms. The number of ether oxygens (including phenoxy) is 3. The lowest BCUT2D eigenvalue weighted by Gasteiger charge is -2.36. The van der Waals surface area contributed by atoms with Crippen LogP contribution in [-0.4, -0.2) is 59.6 Å². The molecule has 0 amide bonds. The molecule has 272 valence electrons. The van der Waals surface area contributed by atoms with Gasteiger partial charge < -0.3 is 24.0 Å². The van der Waals surface area contributed by atoms with Crippen molar-refractivity contribution in [1.29, 1.82) is 5.26 Å². The van der Waals surface area contributed by atoms with Gasteiger partial charge >= 0.3 is 11.7 Å². The van der Waals surface area contributed by atoms with E-state index in [0.717, 1.165) is 10.2 Å². The molecular formula is C37H42FN7O6Si. The highest BCUT2D eigenvalue weighted by Gasteiger charge is 2.37. The Balaban J connectivity index is 1.46. The fraction of sp³-hybridized carbons (Fsp3) is 0.324. The smallest absolute Gasteiger partial charge is 0.349 e. The van der Waals surface area contributed by atoms with Crippen molar-refractivity contribution in [3.05, 3.63) is 117 Å².